The lowest BCUT2D eigenvalue weighted by Crippen LogP contribution is -2.30. The van der Waals surface area contributed by atoms with Crippen LogP contribution in [0.2, 0.25) is 0 Å². The van der Waals surface area contributed by atoms with Gasteiger partial charge in [0, 0.05) is 25.7 Å². The van der Waals surface area contributed by atoms with E-state index in [1.807, 2.05) is 0 Å². The molecule has 5 unspecified atom stereocenters. The maximum Gasteiger partial charge on any atom is 0.472 e. The number of phosphoric acid groups is 2. The summed E-state index contributed by atoms with van der Waals surface area (Å²) in [6.07, 6.45) is 77.8. The number of allylic oxidation sites excluding steroid dienone is 18. The van der Waals surface area contributed by atoms with E-state index in [1.165, 1.54) is 44.9 Å². The molecule has 0 aromatic heterocycles. The molecule has 0 radical (unpaired) electrons. The van der Waals surface area contributed by atoms with E-state index in [1.54, 1.807) is 0 Å². The van der Waals surface area contributed by atoms with Gasteiger partial charge in [-0.15, -0.1) is 0 Å². The Morgan fingerprint density at radius 1 is 0.290 bits per heavy atom. The van der Waals surface area contributed by atoms with E-state index in [-0.39, 0.29) is 25.7 Å². The van der Waals surface area contributed by atoms with Crippen molar-refractivity contribution in [3.63, 3.8) is 0 Å². The Morgan fingerprint density at radius 3 is 0.870 bits per heavy atom. The van der Waals surface area contributed by atoms with E-state index in [4.69, 9.17) is 37.0 Å². The molecule has 0 fully saturated rings. The van der Waals surface area contributed by atoms with Gasteiger partial charge in [0.05, 0.1) is 26.4 Å². The first-order valence-corrected chi connectivity index (χ1v) is 42.1. The first kappa shape index (κ1) is 95.7. The molecule has 0 rings (SSSR count). The molecule has 0 heterocycles. The number of phosphoric ester groups is 2. The Labute approximate surface area is 607 Å². The molecule has 0 bridgehead atoms. The lowest BCUT2D eigenvalue weighted by atomic mass is 10.1. The average Bonchev–Trinajstić information content (AvgIpc) is 0.935. The number of rotatable bonds is 73. The minimum absolute atomic E-state index is 0.0738. The Bertz CT molecular complexity index is 2320. The van der Waals surface area contributed by atoms with Gasteiger partial charge in [0.2, 0.25) is 0 Å². The zero-order valence-corrected chi connectivity index (χ0v) is 64.6. The van der Waals surface area contributed by atoms with Gasteiger partial charge in [0.15, 0.2) is 12.2 Å². The molecule has 0 aliphatic carbocycles. The van der Waals surface area contributed by atoms with Crippen LogP contribution in [-0.4, -0.2) is 96.7 Å². The van der Waals surface area contributed by atoms with Gasteiger partial charge >= 0.3 is 39.5 Å². The third-order valence-electron chi connectivity index (χ3n) is 16.2. The maximum absolute atomic E-state index is 13.1. The summed E-state index contributed by atoms with van der Waals surface area (Å²) >= 11 is 0. The van der Waals surface area contributed by atoms with E-state index < -0.39 is 97.5 Å². The number of ether oxygens (including phenoxy) is 4. The number of esters is 4. The summed E-state index contributed by atoms with van der Waals surface area (Å²) in [5.41, 5.74) is 0. The van der Waals surface area contributed by atoms with Crippen LogP contribution in [0.25, 0.3) is 0 Å². The van der Waals surface area contributed by atoms with Crippen molar-refractivity contribution in [3.05, 3.63) is 109 Å². The van der Waals surface area contributed by atoms with E-state index in [2.05, 4.69) is 137 Å². The number of carbonyl (C=O) groups excluding carboxylic acids is 4. The average molecular weight is 1450 g/mol. The third-order valence-corrected chi connectivity index (χ3v) is 18.1. The summed E-state index contributed by atoms with van der Waals surface area (Å²) in [5, 5.41) is 10.6. The third kappa shape index (κ3) is 72.1. The van der Waals surface area contributed by atoms with Crippen LogP contribution in [0.1, 0.15) is 323 Å². The highest BCUT2D eigenvalue weighted by atomic mass is 31.2. The van der Waals surface area contributed by atoms with E-state index >= 15 is 0 Å². The molecule has 0 saturated carbocycles. The van der Waals surface area contributed by atoms with E-state index in [9.17, 15) is 43.2 Å². The fourth-order valence-electron chi connectivity index (χ4n) is 10.2. The standard InChI is InChI=1S/C81H140O17P2/c1-5-9-13-17-21-25-29-33-35-36-37-38-40-44-46-50-54-58-62-66-79(84)92-72-77(98-81(86)68-64-60-56-52-48-42-32-28-24-20-16-12-8-4)74-96-100(89,90)94-70-75(82)69-93-99(87,88)95-73-76(97-80(85)67-63-59-55-51-47-41-31-27-23-19-15-11-7-3)71-91-78(83)65-61-57-53-49-45-43-39-34-30-26-22-18-14-10-6-2/h9,13,16,20-22,25-28,31-35,37-39,75-77,82H,5-8,10-12,14-15,17-19,23-24,29-30,36,40-74H2,1-4H3,(H,87,88)(H,89,90)/b13-9-,20-16-,25-21-,26-22-,31-27-,32-28-,35-33-,38-37-,39-34-. The van der Waals surface area contributed by atoms with Crippen LogP contribution in [0, 0.1) is 0 Å². The lowest BCUT2D eigenvalue weighted by molar-refractivity contribution is -0.161. The van der Waals surface area contributed by atoms with Gasteiger partial charge in [0.1, 0.15) is 19.3 Å². The normalized spacial score (nSPS) is 14.5. The number of unbranched alkanes of at least 4 members (excludes halogenated alkanes) is 29. The smallest absolute Gasteiger partial charge is 0.462 e. The SMILES string of the molecule is CC/C=C\C/C=C\C/C=C\C/C=C\CCCCCCCCC(=O)OCC(COP(=O)(O)OCC(O)COP(=O)(O)OCC(COC(=O)CCCCCCC/C=C\C/C=C\CCCCC)OC(=O)CCCCCCC/C=C\CCCCCC)OC(=O)CCCCCCC/C=C\C/C=C\CCC. The Balaban J connectivity index is 5.35. The molecule has 0 aliphatic rings. The van der Waals surface area contributed by atoms with Crippen LogP contribution in [0.5, 0.6) is 0 Å². The largest absolute Gasteiger partial charge is 0.472 e. The minimum atomic E-state index is -4.98. The first-order valence-electron chi connectivity index (χ1n) is 39.1. The second kappa shape index (κ2) is 73.0. The molecular formula is C81H140O17P2. The fourth-order valence-corrected chi connectivity index (χ4v) is 11.8. The van der Waals surface area contributed by atoms with Crippen molar-refractivity contribution in [1.29, 1.82) is 0 Å². The Morgan fingerprint density at radius 2 is 0.540 bits per heavy atom. The van der Waals surface area contributed by atoms with Gasteiger partial charge in [-0.3, -0.25) is 37.3 Å². The molecule has 19 heteroatoms. The fraction of sp³-hybridized carbons (Fsp3) is 0.728. The van der Waals surface area contributed by atoms with Crippen LogP contribution in [0.4, 0.5) is 0 Å². The number of aliphatic hydroxyl groups excluding tert-OH is 1. The van der Waals surface area contributed by atoms with Crippen LogP contribution in [-0.2, 0) is 65.4 Å². The molecule has 0 aliphatic heterocycles. The summed E-state index contributed by atoms with van der Waals surface area (Å²) in [6, 6.07) is 0. The molecule has 0 spiro atoms. The molecule has 0 aromatic rings. The molecule has 0 saturated heterocycles. The quantitative estimate of drug-likeness (QED) is 0.0169. The number of hydrogen-bond acceptors (Lipinski definition) is 15. The van der Waals surface area contributed by atoms with Gasteiger partial charge < -0.3 is 33.8 Å². The van der Waals surface area contributed by atoms with Gasteiger partial charge in [-0.2, -0.15) is 0 Å². The molecule has 0 aromatic carbocycles. The van der Waals surface area contributed by atoms with Crippen LogP contribution in [0.15, 0.2) is 109 Å². The van der Waals surface area contributed by atoms with Crippen molar-refractivity contribution in [2.75, 3.05) is 39.6 Å². The molecule has 0 amide bonds. The maximum atomic E-state index is 13.1. The molecular weight excluding hydrogens is 1310 g/mol. The van der Waals surface area contributed by atoms with Crippen molar-refractivity contribution < 1.29 is 80.2 Å². The van der Waals surface area contributed by atoms with Crippen LogP contribution in [0.3, 0.4) is 0 Å². The Kier molecular flexibility index (Phi) is 69.9. The van der Waals surface area contributed by atoms with E-state index in [0.717, 1.165) is 199 Å². The predicted octanol–water partition coefficient (Wildman–Crippen LogP) is 22.6. The van der Waals surface area contributed by atoms with Crippen molar-refractivity contribution in [3.8, 4) is 0 Å². The number of aliphatic hydroxyl groups is 1. The zero-order chi connectivity index (χ0) is 73.2. The monoisotopic (exact) mass is 1450 g/mol. The first-order chi connectivity index (χ1) is 48.7. The van der Waals surface area contributed by atoms with Gasteiger partial charge in [-0.05, 0) is 148 Å². The summed E-state index contributed by atoms with van der Waals surface area (Å²) in [7, 11) is -9.96. The summed E-state index contributed by atoms with van der Waals surface area (Å²) in [4.78, 5) is 72.9. The van der Waals surface area contributed by atoms with Gasteiger partial charge in [-0.25, -0.2) is 9.13 Å². The van der Waals surface area contributed by atoms with Crippen molar-refractivity contribution in [2.45, 2.75) is 341 Å². The highest BCUT2D eigenvalue weighted by Gasteiger charge is 2.30. The number of hydrogen-bond donors (Lipinski definition) is 3. The Hall–Kier alpha value is -4.28. The second-order valence-electron chi connectivity index (χ2n) is 25.9. The highest BCUT2D eigenvalue weighted by Crippen LogP contribution is 2.45. The van der Waals surface area contributed by atoms with Crippen LogP contribution < -0.4 is 0 Å². The molecule has 5 atom stereocenters. The number of carbonyl (C=O) groups is 4. The van der Waals surface area contributed by atoms with Gasteiger partial charge in [0.25, 0.3) is 0 Å². The van der Waals surface area contributed by atoms with Crippen molar-refractivity contribution in [1.82, 2.24) is 0 Å². The molecule has 3 N–H and O–H groups in total. The van der Waals surface area contributed by atoms with E-state index in [0.29, 0.717) is 25.7 Å². The molecule has 17 nitrogen and oxygen atoms in total. The van der Waals surface area contributed by atoms with Crippen molar-refractivity contribution in [2.24, 2.45) is 0 Å². The van der Waals surface area contributed by atoms with Gasteiger partial charge in [-0.1, -0.05) is 259 Å². The summed E-state index contributed by atoms with van der Waals surface area (Å²) < 4.78 is 68.5. The van der Waals surface area contributed by atoms with Crippen molar-refractivity contribution >= 4 is 39.5 Å². The zero-order valence-electron chi connectivity index (χ0n) is 62.8. The summed E-state index contributed by atoms with van der Waals surface area (Å²) in [6.45, 7) is 4.62. The molecule has 576 valence electrons. The molecule has 100 heavy (non-hydrogen) atoms. The topological polar surface area (TPSA) is 237 Å². The summed E-state index contributed by atoms with van der Waals surface area (Å²) in [5.74, 6) is -2.22. The lowest BCUT2D eigenvalue weighted by Gasteiger charge is -2.21. The second-order valence-corrected chi connectivity index (χ2v) is 28.8. The minimum Gasteiger partial charge on any atom is -0.462 e. The van der Waals surface area contributed by atoms with Crippen LogP contribution >= 0.6 is 15.6 Å². The highest BCUT2D eigenvalue weighted by molar-refractivity contribution is 7.47. The predicted molar refractivity (Wildman–Crippen MR) is 408 cm³/mol.